The molecule has 0 aliphatic carbocycles. The van der Waals surface area contributed by atoms with Gasteiger partial charge in [0.15, 0.2) is 11.4 Å². The van der Waals surface area contributed by atoms with E-state index in [9.17, 15) is 14.7 Å². The number of aromatic nitrogens is 2. The van der Waals surface area contributed by atoms with Gasteiger partial charge in [0.25, 0.3) is 5.91 Å². The third kappa shape index (κ3) is 4.15. The van der Waals surface area contributed by atoms with Gasteiger partial charge in [-0.1, -0.05) is 41.9 Å². The Hall–Kier alpha value is -3.43. The van der Waals surface area contributed by atoms with Crippen LogP contribution in [0.3, 0.4) is 0 Å². The lowest BCUT2D eigenvalue weighted by atomic mass is 9.83. The number of hydrogen-bond donors (Lipinski definition) is 2. The number of carbonyl (C=O) groups excluding carboxylic acids is 2. The molecule has 2 aliphatic heterocycles. The molecule has 8 nitrogen and oxygen atoms in total. The predicted octanol–water partition coefficient (Wildman–Crippen LogP) is 4.34. The third-order valence-corrected chi connectivity index (χ3v) is 6.84. The van der Waals surface area contributed by atoms with Crippen molar-refractivity contribution in [2.75, 3.05) is 18.4 Å². The van der Waals surface area contributed by atoms with Gasteiger partial charge < -0.3 is 14.7 Å². The molecule has 1 fully saturated rings. The minimum Gasteiger partial charge on any atom is -0.436 e. The highest BCUT2D eigenvalue weighted by Crippen LogP contribution is 2.45. The van der Waals surface area contributed by atoms with Crippen molar-refractivity contribution in [1.29, 1.82) is 0 Å². The molecule has 0 radical (unpaired) electrons. The Morgan fingerprint density at radius 3 is 2.80 bits per heavy atom. The van der Waals surface area contributed by atoms with E-state index in [4.69, 9.17) is 16.3 Å². The fourth-order valence-corrected chi connectivity index (χ4v) is 5.19. The van der Waals surface area contributed by atoms with Crippen molar-refractivity contribution in [3.8, 4) is 0 Å². The number of aliphatic hydroxyl groups is 1. The normalized spacial score (nSPS) is 21.1. The molecular weight excluding hydrogens is 475 g/mol. The molecule has 2 amide bonds. The number of fused-ring (bicyclic) bond motifs is 2. The number of anilines is 1. The topological polar surface area (TPSA) is 96.7 Å². The first kappa shape index (κ1) is 23.3. The number of aliphatic hydroxyl groups excluding tert-OH is 1. The van der Waals surface area contributed by atoms with Gasteiger partial charge in [0.1, 0.15) is 6.04 Å². The van der Waals surface area contributed by atoms with Crippen LogP contribution in [0.1, 0.15) is 47.3 Å². The average Bonchev–Trinajstić information content (AvgIpc) is 3.31. The molecule has 0 saturated carbocycles. The lowest BCUT2D eigenvalue weighted by molar-refractivity contribution is -0.0418. The molecule has 0 unspecified atom stereocenters. The molecule has 5 rings (SSSR count). The van der Waals surface area contributed by atoms with E-state index in [1.165, 1.54) is 23.2 Å². The minimum atomic E-state index is -1.34. The Kier molecular flexibility index (Phi) is 5.98. The van der Waals surface area contributed by atoms with Crippen molar-refractivity contribution in [2.24, 2.45) is 0 Å². The highest BCUT2D eigenvalue weighted by atomic mass is 35.5. The fraction of sp³-hybridized carbons (Fsp3) is 0.320. The van der Waals surface area contributed by atoms with E-state index in [0.717, 1.165) is 5.56 Å². The summed E-state index contributed by atoms with van der Waals surface area (Å²) in [7, 11) is 0. The van der Waals surface area contributed by atoms with E-state index < -0.39 is 29.7 Å². The number of piperidine rings is 1. The van der Waals surface area contributed by atoms with Gasteiger partial charge in [-0.3, -0.25) is 14.8 Å². The zero-order chi connectivity index (χ0) is 24.7. The maximum Gasteiger partial charge on any atom is 0.412 e. The number of halogens is 2. The monoisotopic (exact) mass is 498 g/mol. The average molecular weight is 499 g/mol. The molecule has 10 heteroatoms. The van der Waals surface area contributed by atoms with Gasteiger partial charge in [0.2, 0.25) is 0 Å². The van der Waals surface area contributed by atoms with Crippen LogP contribution in [0.25, 0.3) is 0 Å². The lowest BCUT2D eigenvalue weighted by Crippen LogP contribution is -2.53. The number of carbonyl (C=O) groups is 2. The van der Waals surface area contributed by atoms with Crippen LogP contribution in [0.15, 0.2) is 54.9 Å². The number of nitrogens with zero attached hydrogens (tertiary/aromatic N) is 3. The molecule has 3 heterocycles. The first-order chi connectivity index (χ1) is 16.8. The highest BCUT2D eigenvalue weighted by Gasteiger charge is 2.48. The first-order valence-corrected chi connectivity index (χ1v) is 11.7. The number of amides is 2. The third-order valence-electron chi connectivity index (χ3n) is 6.55. The van der Waals surface area contributed by atoms with Crippen LogP contribution in [0.2, 0.25) is 5.02 Å². The number of hydrogen-bond acceptors (Lipinski definition) is 5. The summed E-state index contributed by atoms with van der Waals surface area (Å²) in [5, 5.41) is 17.2. The van der Waals surface area contributed by atoms with E-state index in [1.807, 2.05) is 30.3 Å². The Bertz CT molecular complexity index is 1280. The largest absolute Gasteiger partial charge is 0.436 e. The zero-order valence-electron chi connectivity index (χ0n) is 18.9. The SMILES string of the molecule is C[C@@H](O)[C@H](c1ccccc1)n1cc(C(=O)N2CCC[C@@]3(C2)OC(=O)Nc2ccc(Cl)c(F)c23)cn1. The lowest BCUT2D eigenvalue weighted by Gasteiger charge is -2.45. The van der Waals surface area contributed by atoms with Crippen molar-refractivity contribution in [1.82, 2.24) is 14.7 Å². The zero-order valence-corrected chi connectivity index (χ0v) is 19.7. The minimum absolute atomic E-state index is 0.0206. The van der Waals surface area contributed by atoms with Gasteiger partial charge in [-0.05, 0) is 37.5 Å². The summed E-state index contributed by atoms with van der Waals surface area (Å²) in [4.78, 5) is 27.3. The summed E-state index contributed by atoms with van der Waals surface area (Å²) in [5.41, 5.74) is 0.259. The van der Waals surface area contributed by atoms with Crippen molar-refractivity contribution >= 4 is 29.3 Å². The molecule has 2 aromatic carbocycles. The van der Waals surface area contributed by atoms with Crippen LogP contribution in [0, 0.1) is 5.82 Å². The van der Waals surface area contributed by atoms with Crippen molar-refractivity contribution < 1.29 is 23.8 Å². The summed E-state index contributed by atoms with van der Waals surface area (Å²) < 4.78 is 22.3. The maximum absolute atomic E-state index is 15.1. The van der Waals surface area contributed by atoms with Crippen molar-refractivity contribution in [2.45, 2.75) is 37.5 Å². The van der Waals surface area contributed by atoms with Gasteiger partial charge in [0.05, 0.1) is 40.7 Å². The standard InChI is InChI=1S/C25H24ClFN4O4/c1-15(32)22(16-6-3-2-4-7-16)31-13-17(12-28-31)23(33)30-11-5-10-25(14-30)20-19(29-24(34)35-25)9-8-18(26)21(20)27/h2-4,6-9,12-13,15,22,32H,5,10-11,14H2,1H3,(H,29,34)/t15-,22-,25+/m1/s1. The molecule has 1 spiro atoms. The molecule has 0 bridgehead atoms. The smallest absolute Gasteiger partial charge is 0.412 e. The number of benzene rings is 2. The van der Waals surface area contributed by atoms with Crippen LogP contribution in [-0.4, -0.2) is 51.0 Å². The number of ether oxygens (including phenoxy) is 1. The van der Waals surface area contributed by atoms with Gasteiger partial charge in [0, 0.05) is 12.7 Å². The van der Waals surface area contributed by atoms with Gasteiger partial charge in [-0.15, -0.1) is 0 Å². The Morgan fingerprint density at radius 2 is 2.06 bits per heavy atom. The van der Waals surface area contributed by atoms with Crippen LogP contribution in [-0.2, 0) is 10.3 Å². The van der Waals surface area contributed by atoms with Gasteiger partial charge >= 0.3 is 6.09 Å². The summed E-state index contributed by atoms with van der Waals surface area (Å²) >= 11 is 6.03. The first-order valence-electron chi connectivity index (χ1n) is 11.3. The van der Waals surface area contributed by atoms with Crippen molar-refractivity contribution in [3.63, 3.8) is 0 Å². The second-order valence-corrected chi connectivity index (χ2v) is 9.34. The molecule has 182 valence electrons. The molecule has 1 saturated heterocycles. The van der Waals surface area contributed by atoms with Crippen LogP contribution in [0.4, 0.5) is 14.9 Å². The number of rotatable bonds is 4. The van der Waals surface area contributed by atoms with E-state index >= 15 is 4.39 Å². The predicted molar refractivity (Wildman–Crippen MR) is 127 cm³/mol. The summed E-state index contributed by atoms with van der Waals surface area (Å²) in [5.74, 6) is -1.000. The molecule has 3 aromatic rings. The molecule has 35 heavy (non-hydrogen) atoms. The number of nitrogens with one attached hydrogen (secondary N) is 1. The molecule has 2 N–H and O–H groups in total. The fourth-order valence-electron chi connectivity index (χ4n) is 5.03. The Balaban J connectivity index is 1.44. The maximum atomic E-state index is 15.1. The summed E-state index contributed by atoms with van der Waals surface area (Å²) in [6.07, 6.45) is 2.43. The Morgan fingerprint density at radius 1 is 1.29 bits per heavy atom. The highest BCUT2D eigenvalue weighted by molar-refractivity contribution is 6.31. The Labute approximate surface area is 206 Å². The van der Waals surface area contributed by atoms with Gasteiger partial charge in [-0.25, -0.2) is 9.18 Å². The van der Waals surface area contributed by atoms with Crippen LogP contribution >= 0.6 is 11.6 Å². The molecule has 3 atom stereocenters. The second-order valence-electron chi connectivity index (χ2n) is 8.93. The van der Waals surface area contributed by atoms with E-state index in [0.29, 0.717) is 24.9 Å². The molecule has 1 aromatic heterocycles. The van der Waals surface area contributed by atoms with Crippen LogP contribution in [0.5, 0.6) is 0 Å². The summed E-state index contributed by atoms with van der Waals surface area (Å²) in [6.45, 7) is 2.05. The van der Waals surface area contributed by atoms with E-state index in [1.54, 1.807) is 17.8 Å². The quantitative estimate of drug-likeness (QED) is 0.558. The molecular formula is C25H24ClFN4O4. The van der Waals surface area contributed by atoms with Crippen molar-refractivity contribution in [3.05, 3.63) is 82.4 Å². The van der Waals surface area contributed by atoms with E-state index in [-0.39, 0.29) is 28.7 Å². The van der Waals surface area contributed by atoms with Crippen LogP contribution < -0.4 is 5.32 Å². The number of likely N-dealkylation sites (tertiary alicyclic amines) is 1. The van der Waals surface area contributed by atoms with Gasteiger partial charge in [-0.2, -0.15) is 5.10 Å². The second kappa shape index (κ2) is 8.98. The summed E-state index contributed by atoms with van der Waals surface area (Å²) in [6, 6.07) is 11.8. The van der Waals surface area contributed by atoms with E-state index in [2.05, 4.69) is 10.4 Å². The molecule has 2 aliphatic rings.